The summed E-state index contributed by atoms with van der Waals surface area (Å²) in [5.74, 6) is -0.127. The van der Waals surface area contributed by atoms with E-state index in [4.69, 9.17) is 11.6 Å². The highest BCUT2D eigenvalue weighted by molar-refractivity contribution is 6.27. The van der Waals surface area contributed by atoms with Crippen LogP contribution in [0.2, 0.25) is 0 Å². The van der Waals surface area contributed by atoms with Crippen LogP contribution in [0.1, 0.15) is 5.56 Å². The number of alkyl halides is 1. The lowest BCUT2D eigenvalue weighted by Gasteiger charge is -1.98. The number of halogens is 1. The summed E-state index contributed by atoms with van der Waals surface area (Å²) >= 11 is 5.27. The fourth-order valence-electron chi connectivity index (χ4n) is 0.716. The van der Waals surface area contributed by atoms with Crippen LogP contribution in [0.4, 0.5) is 0 Å². The smallest absolute Gasteiger partial charge is 0.235 e. The number of aromatic amines is 1. The fraction of sp³-hybridized carbons (Fsp3) is 0.286. The minimum Gasteiger partial charge on any atom is -0.367 e. The molecule has 0 spiro atoms. The van der Waals surface area contributed by atoms with Gasteiger partial charge < -0.3 is 10.3 Å². The molecular weight excluding hydrogens is 164 g/mol. The summed E-state index contributed by atoms with van der Waals surface area (Å²) in [7, 11) is 0. The van der Waals surface area contributed by atoms with Crippen LogP contribution in [0, 0.1) is 0 Å². The van der Waals surface area contributed by atoms with Crippen molar-refractivity contribution in [2.75, 3.05) is 5.88 Å². The predicted molar refractivity (Wildman–Crippen MR) is 43.4 cm³/mol. The molecule has 1 aromatic heterocycles. The Bertz CT molecular complexity index is 220. The van der Waals surface area contributed by atoms with E-state index < -0.39 is 0 Å². The zero-order valence-corrected chi connectivity index (χ0v) is 6.69. The normalized spacial score (nSPS) is 9.55. The highest BCUT2D eigenvalue weighted by Gasteiger charge is 1.97. The molecule has 3 nitrogen and oxygen atoms in total. The van der Waals surface area contributed by atoms with Crippen molar-refractivity contribution in [1.82, 2.24) is 10.3 Å². The number of hydrogen-bond acceptors (Lipinski definition) is 1. The Balaban J connectivity index is 2.29. The molecule has 11 heavy (non-hydrogen) atoms. The van der Waals surface area contributed by atoms with Gasteiger partial charge in [-0.25, -0.2) is 0 Å². The van der Waals surface area contributed by atoms with Crippen molar-refractivity contribution in [2.45, 2.75) is 6.54 Å². The molecule has 60 valence electrons. The quantitative estimate of drug-likeness (QED) is 0.653. The third-order valence-corrected chi connectivity index (χ3v) is 1.52. The molecule has 0 unspecified atom stereocenters. The first-order chi connectivity index (χ1) is 5.33. The van der Waals surface area contributed by atoms with Crippen molar-refractivity contribution in [3.63, 3.8) is 0 Å². The van der Waals surface area contributed by atoms with Crippen LogP contribution in [0.25, 0.3) is 0 Å². The molecule has 0 aliphatic rings. The fourth-order valence-corrected chi connectivity index (χ4v) is 0.811. The van der Waals surface area contributed by atoms with Gasteiger partial charge >= 0.3 is 0 Å². The molecular formula is C7H9ClN2O. The zero-order chi connectivity index (χ0) is 8.10. The number of hydrogen-bond donors (Lipinski definition) is 2. The summed E-state index contributed by atoms with van der Waals surface area (Å²) in [5.41, 5.74) is 1.04. The number of H-pyrrole nitrogens is 1. The summed E-state index contributed by atoms with van der Waals surface area (Å²) in [6, 6.07) is 1.90. The first kappa shape index (κ1) is 8.14. The van der Waals surface area contributed by atoms with Crippen molar-refractivity contribution in [1.29, 1.82) is 0 Å². The van der Waals surface area contributed by atoms with E-state index in [1.807, 2.05) is 18.5 Å². The Kier molecular flexibility index (Phi) is 2.98. The van der Waals surface area contributed by atoms with E-state index in [0.717, 1.165) is 5.56 Å². The SMILES string of the molecule is O=C(CCl)NCc1cc[nH]c1. The van der Waals surface area contributed by atoms with Crippen molar-refractivity contribution in [2.24, 2.45) is 0 Å². The monoisotopic (exact) mass is 172 g/mol. The second kappa shape index (κ2) is 4.03. The molecule has 0 aliphatic heterocycles. The second-order valence-corrected chi connectivity index (χ2v) is 2.40. The van der Waals surface area contributed by atoms with E-state index in [1.54, 1.807) is 0 Å². The van der Waals surface area contributed by atoms with Gasteiger partial charge in [-0.3, -0.25) is 4.79 Å². The molecule has 0 aromatic carbocycles. The molecule has 0 bridgehead atoms. The van der Waals surface area contributed by atoms with Gasteiger partial charge in [0.25, 0.3) is 0 Å². The molecule has 0 fully saturated rings. The number of amides is 1. The van der Waals surface area contributed by atoms with Gasteiger partial charge in [0.05, 0.1) is 0 Å². The van der Waals surface area contributed by atoms with Gasteiger partial charge in [0.15, 0.2) is 0 Å². The van der Waals surface area contributed by atoms with Crippen LogP contribution in [-0.4, -0.2) is 16.8 Å². The molecule has 1 aromatic rings. The van der Waals surface area contributed by atoms with Gasteiger partial charge in [-0.2, -0.15) is 0 Å². The van der Waals surface area contributed by atoms with Crippen molar-refractivity contribution < 1.29 is 4.79 Å². The Labute approximate surface area is 69.8 Å². The topological polar surface area (TPSA) is 44.9 Å². The summed E-state index contributed by atoms with van der Waals surface area (Å²) in [6.45, 7) is 0.537. The number of carbonyl (C=O) groups excluding carboxylic acids is 1. The zero-order valence-electron chi connectivity index (χ0n) is 5.93. The van der Waals surface area contributed by atoms with E-state index in [0.29, 0.717) is 6.54 Å². The Morgan fingerprint density at radius 1 is 1.73 bits per heavy atom. The Morgan fingerprint density at radius 3 is 3.09 bits per heavy atom. The van der Waals surface area contributed by atoms with Crippen LogP contribution < -0.4 is 5.32 Å². The maximum absolute atomic E-state index is 10.7. The molecule has 2 N–H and O–H groups in total. The molecule has 1 heterocycles. The average Bonchev–Trinajstić information content (AvgIpc) is 2.52. The van der Waals surface area contributed by atoms with E-state index in [1.165, 1.54) is 0 Å². The summed E-state index contributed by atoms with van der Waals surface area (Å²) in [5, 5.41) is 2.64. The third kappa shape index (κ3) is 2.63. The highest BCUT2D eigenvalue weighted by atomic mass is 35.5. The second-order valence-electron chi connectivity index (χ2n) is 2.13. The lowest BCUT2D eigenvalue weighted by molar-refractivity contribution is -0.118. The molecule has 1 rings (SSSR count). The number of aromatic nitrogens is 1. The molecule has 1 amide bonds. The lowest BCUT2D eigenvalue weighted by Crippen LogP contribution is -2.23. The van der Waals surface area contributed by atoms with Crippen LogP contribution in [0.5, 0.6) is 0 Å². The van der Waals surface area contributed by atoms with Crippen molar-refractivity contribution >= 4 is 17.5 Å². The maximum Gasteiger partial charge on any atom is 0.235 e. The molecule has 0 aliphatic carbocycles. The number of nitrogens with one attached hydrogen (secondary N) is 2. The average molecular weight is 173 g/mol. The van der Waals surface area contributed by atoms with E-state index >= 15 is 0 Å². The highest BCUT2D eigenvalue weighted by Crippen LogP contribution is 1.94. The molecule has 4 heteroatoms. The standard InChI is InChI=1S/C7H9ClN2O/c8-3-7(11)10-5-6-1-2-9-4-6/h1-2,4,9H,3,5H2,(H,10,11). The Hall–Kier alpha value is -0.960. The van der Waals surface area contributed by atoms with Crippen LogP contribution in [-0.2, 0) is 11.3 Å². The van der Waals surface area contributed by atoms with E-state index in [2.05, 4.69) is 10.3 Å². The first-order valence-electron chi connectivity index (χ1n) is 3.27. The summed E-state index contributed by atoms with van der Waals surface area (Å²) in [4.78, 5) is 13.5. The number of rotatable bonds is 3. The molecule has 0 radical (unpaired) electrons. The summed E-state index contributed by atoms with van der Waals surface area (Å²) in [6.07, 6.45) is 3.64. The van der Waals surface area contributed by atoms with Crippen LogP contribution >= 0.6 is 11.6 Å². The van der Waals surface area contributed by atoms with Gasteiger partial charge in [0.2, 0.25) is 5.91 Å². The summed E-state index contributed by atoms with van der Waals surface area (Å²) < 4.78 is 0. The number of carbonyl (C=O) groups is 1. The third-order valence-electron chi connectivity index (χ3n) is 1.27. The Morgan fingerprint density at radius 2 is 2.55 bits per heavy atom. The van der Waals surface area contributed by atoms with E-state index in [9.17, 15) is 4.79 Å². The maximum atomic E-state index is 10.7. The van der Waals surface area contributed by atoms with E-state index in [-0.39, 0.29) is 11.8 Å². The van der Waals surface area contributed by atoms with Crippen LogP contribution in [0.3, 0.4) is 0 Å². The minimum atomic E-state index is -0.145. The molecule has 0 saturated heterocycles. The largest absolute Gasteiger partial charge is 0.367 e. The van der Waals surface area contributed by atoms with Gasteiger partial charge in [0, 0.05) is 18.9 Å². The van der Waals surface area contributed by atoms with Gasteiger partial charge in [-0.05, 0) is 11.6 Å². The van der Waals surface area contributed by atoms with Gasteiger partial charge in [-0.15, -0.1) is 11.6 Å². The van der Waals surface area contributed by atoms with Gasteiger partial charge in [-0.1, -0.05) is 0 Å². The predicted octanol–water partition coefficient (Wildman–Crippen LogP) is 0.870. The molecule has 0 atom stereocenters. The van der Waals surface area contributed by atoms with Gasteiger partial charge in [0.1, 0.15) is 5.88 Å². The molecule has 0 saturated carbocycles. The first-order valence-corrected chi connectivity index (χ1v) is 3.80. The van der Waals surface area contributed by atoms with Crippen molar-refractivity contribution in [3.8, 4) is 0 Å². The van der Waals surface area contributed by atoms with Crippen molar-refractivity contribution in [3.05, 3.63) is 24.0 Å². The minimum absolute atomic E-state index is 0.0183. The van der Waals surface area contributed by atoms with Crippen LogP contribution in [0.15, 0.2) is 18.5 Å². The lowest BCUT2D eigenvalue weighted by atomic mass is 10.3.